The summed E-state index contributed by atoms with van der Waals surface area (Å²) < 4.78 is 0. The molecule has 3 aromatic rings. The molecule has 1 heterocycles. The zero-order valence-electron chi connectivity index (χ0n) is 11.5. The average molecular weight is 296 g/mol. The van der Waals surface area contributed by atoms with Gasteiger partial charge in [0.05, 0.1) is 0 Å². The van der Waals surface area contributed by atoms with Crippen LogP contribution in [0.15, 0.2) is 60.7 Å². The van der Waals surface area contributed by atoms with E-state index < -0.39 is 0 Å². The number of halogens is 1. The van der Waals surface area contributed by atoms with Crippen molar-refractivity contribution in [3.63, 3.8) is 0 Å². The van der Waals surface area contributed by atoms with Crippen molar-refractivity contribution in [2.75, 3.05) is 5.32 Å². The molecule has 0 aliphatic heterocycles. The van der Waals surface area contributed by atoms with Crippen molar-refractivity contribution in [1.82, 2.24) is 9.97 Å². The summed E-state index contributed by atoms with van der Waals surface area (Å²) >= 11 is 6.00. The molecule has 0 saturated heterocycles. The zero-order valence-corrected chi connectivity index (χ0v) is 12.3. The van der Waals surface area contributed by atoms with Gasteiger partial charge >= 0.3 is 0 Å². The van der Waals surface area contributed by atoms with Crippen molar-refractivity contribution in [2.45, 2.75) is 6.92 Å². The Bertz CT molecular complexity index is 757. The van der Waals surface area contributed by atoms with Crippen molar-refractivity contribution in [3.8, 4) is 11.4 Å². The van der Waals surface area contributed by atoms with E-state index in [0.29, 0.717) is 10.8 Å². The highest BCUT2D eigenvalue weighted by Gasteiger charge is 2.05. The van der Waals surface area contributed by atoms with E-state index in [0.717, 1.165) is 22.8 Å². The lowest BCUT2D eigenvalue weighted by molar-refractivity contribution is 1.11. The molecule has 3 nitrogen and oxygen atoms in total. The lowest BCUT2D eigenvalue weighted by Crippen LogP contribution is -1.99. The van der Waals surface area contributed by atoms with E-state index in [1.807, 2.05) is 67.6 Å². The molecule has 0 amide bonds. The van der Waals surface area contributed by atoms with E-state index in [2.05, 4.69) is 15.3 Å². The van der Waals surface area contributed by atoms with E-state index in [1.54, 1.807) is 0 Å². The van der Waals surface area contributed by atoms with Crippen molar-refractivity contribution in [2.24, 2.45) is 0 Å². The summed E-state index contributed by atoms with van der Waals surface area (Å²) in [5, 5.41) is 3.95. The smallest absolute Gasteiger partial charge is 0.161 e. The molecule has 0 aliphatic carbocycles. The molecule has 104 valence electrons. The van der Waals surface area contributed by atoms with Gasteiger partial charge in [-0.1, -0.05) is 48.0 Å². The Morgan fingerprint density at radius 1 is 0.905 bits per heavy atom. The molecule has 3 rings (SSSR count). The number of hydrogen-bond acceptors (Lipinski definition) is 3. The third-order valence-corrected chi connectivity index (χ3v) is 3.22. The molecule has 0 unspecified atom stereocenters. The Morgan fingerprint density at radius 2 is 1.71 bits per heavy atom. The molecule has 2 aromatic carbocycles. The normalized spacial score (nSPS) is 10.4. The summed E-state index contributed by atoms with van der Waals surface area (Å²) in [6, 6.07) is 19.4. The second-order valence-electron chi connectivity index (χ2n) is 4.72. The standard InChI is InChI=1S/C17H14ClN3/c1-12-10-16(20-15-9-5-8-14(18)11-15)21-17(19-12)13-6-3-2-4-7-13/h2-11H,1H3,(H,19,20,21). The molecular formula is C17H14ClN3. The van der Waals surface area contributed by atoms with Crippen LogP contribution in [0.1, 0.15) is 5.69 Å². The zero-order chi connectivity index (χ0) is 14.7. The van der Waals surface area contributed by atoms with Crippen LogP contribution < -0.4 is 5.32 Å². The highest BCUT2D eigenvalue weighted by molar-refractivity contribution is 6.30. The highest BCUT2D eigenvalue weighted by Crippen LogP contribution is 2.22. The summed E-state index contributed by atoms with van der Waals surface area (Å²) in [6.07, 6.45) is 0. The van der Waals surface area contributed by atoms with Crippen molar-refractivity contribution >= 4 is 23.1 Å². The van der Waals surface area contributed by atoms with Crippen molar-refractivity contribution < 1.29 is 0 Å². The minimum Gasteiger partial charge on any atom is -0.340 e. The monoisotopic (exact) mass is 295 g/mol. The number of hydrogen-bond donors (Lipinski definition) is 1. The van der Waals surface area contributed by atoms with Crippen LogP contribution in [0.3, 0.4) is 0 Å². The van der Waals surface area contributed by atoms with Gasteiger partial charge in [0.25, 0.3) is 0 Å². The van der Waals surface area contributed by atoms with Crippen molar-refractivity contribution in [1.29, 1.82) is 0 Å². The van der Waals surface area contributed by atoms with Crippen LogP contribution in [0.2, 0.25) is 5.02 Å². The van der Waals surface area contributed by atoms with Gasteiger partial charge in [0, 0.05) is 28.0 Å². The van der Waals surface area contributed by atoms with Gasteiger partial charge < -0.3 is 5.32 Å². The largest absolute Gasteiger partial charge is 0.340 e. The van der Waals surface area contributed by atoms with Crippen LogP contribution in [0.25, 0.3) is 11.4 Å². The lowest BCUT2D eigenvalue weighted by atomic mass is 10.2. The summed E-state index contributed by atoms with van der Waals surface area (Å²) in [4.78, 5) is 9.05. The second kappa shape index (κ2) is 5.94. The van der Waals surface area contributed by atoms with Gasteiger partial charge in [0.1, 0.15) is 5.82 Å². The molecule has 0 fully saturated rings. The van der Waals surface area contributed by atoms with Crippen LogP contribution in [0.5, 0.6) is 0 Å². The molecule has 0 radical (unpaired) electrons. The summed E-state index contributed by atoms with van der Waals surface area (Å²) in [5.41, 5.74) is 2.81. The molecule has 21 heavy (non-hydrogen) atoms. The predicted octanol–water partition coefficient (Wildman–Crippen LogP) is 4.85. The number of anilines is 2. The molecule has 0 aliphatic rings. The van der Waals surface area contributed by atoms with Crippen LogP contribution in [-0.2, 0) is 0 Å². The van der Waals surface area contributed by atoms with Crippen LogP contribution in [0.4, 0.5) is 11.5 Å². The maximum atomic E-state index is 6.00. The van der Waals surface area contributed by atoms with Gasteiger partial charge in [-0.05, 0) is 25.1 Å². The van der Waals surface area contributed by atoms with E-state index in [1.165, 1.54) is 0 Å². The van der Waals surface area contributed by atoms with Crippen molar-refractivity contribution in [3.05, 3.63) is 71.4 Å². The number of aromatic nitrogens is 2. The van der Waals surface area contributed by atoms with Crippen LogP contribution in [-0.4, -0.2) is 9.97 Å². The van der Waals surface area contributed by atoms with E-state index in [4.69, 9.17) is 11.6 Å². The topological polar surface area (TPSA) is 37.8 Å². The third kappa shape index (κ3) is 3.38. The Balaban J connectivity index is 1.95. The number of benzene rings is 2. The summed E-state index contributed by atoms with van der Waals surface area (Å²) in [7, 11) is 0. The first-order valence-corrected chi connectivity index (χ1v) is 7.02. The van der Waals surface area contributed by atoms with Gasteiger partial charge in [-0.3, -0.25) is 0 Å². The predicted molar refractivity (Wildman–Crippen MR) is 86.9 cm³/mol. The molecule has 0 atom stereocenters. The molecule has 0 spiro atoms. The first-order chi connectivity index (χ1) is 10.2. The van der Waals surface area contributed by atoms with Gasteiger partial charge in [0.15, 0.2) is 5.82 Å². The molecular weight excluding hydrogens is 282 g/mol. The van der Waals surface area contributed by atoms with E-state index >= 15 is 0 Å². The molecule has 1 aromatic heterocycles. The lowest BCUT2D eigenvalue weighted by Gasteiger charge is -2.09. The molecule has 1 N–H and O–H groups in total. The summed E-state index contributed by atoms with van der Waals surface area (Å²) in [5.74, 6) is 1.46. The fourth-order valence-electron chi connectivity index (χ4n) is 2.06. The van der Waals surface area contributed by atoms with Gasteiger partial charge in [-0.2, -0.15) is 0 Å². The van der Waals surface area contributed by atoms with Crippen LogP contribution >= 0.6 is 11.6 Å². The molecule has 4 heteroatoms. The third-order valence-electron chi connectivity index (χ3n) is 2.98. The maximum Gasteiger partial charge on any atom is 0.161 e. The number of nitrogens with one attached hydrogen (secondary N) is 1. The highest BCUT2D eigenvalue weighted by atomic mass is 35.5. The first kappa shape index (κ1) is 13.6. The van der Waals surface area contributed by atoms with Gasteiger partial charge in [-0.15, -0.1) is 0 Å². The average Bonchev–Trinajstić information content (AvgIpc) is 2.47. The summed E-state index contributed by atoms with van der Waals surface area (Å²) in [6.45, 7) is 1.96. The number of aryl methyl sites for hydroxylation is 1. The van der Waals surface area contributed by atoms with E-state index in [-0.39, 0.29) is 0 Å². The van der Waals surface area contributed by atoms with Crippen LogP contribution in [0, 0.1) is 6.92 Å². The second-order valence-corrected chi connectivity index (χ2v) is 5.16. The van der Waals surface area contributed by atoms with Gasteiger partial charge in [-0.25, -0.2) is 9.97 Å². The van der Waals surface area contributed by atoms with E-state index in [9.17, 15) is 0 Å². The Labute approximate surface area is 128 Å². The maximum absolute atomic E-state index is 6.00. The fraction of sp³-hybridized carbons (Fsp3) is 0.0588. The Morgan fingerprint density at radius 3 is 2.48 bits per heavy atom. The Hall–Kier alpha value is -2.39. The minimum absolute atomic E-state index is 0.689. The van der Waals surface area contributed by atoms with Gasteiger partial charge in [0.2, 0.25) is 0 Å². The minimum atomic E-state index is 0.689. The molecule has 0 saturated carbocycles. The fourth-order valence-corrected chi connectivity index (χ4v) is 2.25. The first-order valence-electron chi connectivity index (χ1n) is 6.64. The SMILES string of the molecule is Cc1cc(Nc2cccc(Cl)c2)nc(-c2ccccc2)n1. The number of nitrogens with zero attached hydrogens (tertiary/aromatic N) is 2. The quantitative estimate of drug-likeness (QED) is 0.750. The number of rotatable bonds is 3. The Kier molecular flexibility index (Phi) is 3.84. The molecule has 0 bridgehead atoms.